The minimum Gasteiger partial charge on any atom is -0.338 e. The van der Waals surface area contributed by atoms with Crippen LogP contribution in [0.25, 0.3) is 0 Å². The van der Waals surface area contributed by atoms with Gasteiger partial charge in [0.05, 0.1) is 11.6 Å². The van der Waals surface area contributed by atoms with Crippen molar-refractivity contribution in [2.75, 3.05) is 13.1 Å². The Bertz CT molecular complexity index is 987. The maximum Gasteiger partial charge on any atom is 0.325 e. The summed E-state index contributed by atoms with van der Waals surface area (Å²) in [5.74, 6) is -0.424. The Hall–Kier alpha value is -3.66. The van der Waals surface area contributed by atoms with Gasteiger partial charge in [0.25, 0.3) is 11.8 Å². The zero-order valence-electron chi connectivity index (χ0n) is 15.8. The summed E-state index contributed by atoms with van der Waals surface area (Å²) in [6.45, 7) is 1.11. The van der Waals surface area contributed by atoms with Gasteiger partial charge in [0.1, 0.15) is 5.54 Å². The minimum atomic E-state index is -0.922. The second kappa shape index (κ2) is 7.40. The zero-order chi connectivity index (χ0) is 20.4. The first kappa shape index (κ1) is 18.7. The van der Waals surface area contributed by atoms with Crippen molar-refractivity contribution in [1.82, 2.24) is 15.1 Å². The van der Waals surface area contributed by atoms with Crippen LogP contribution in [0.4, 0.5) is 4.79 Å². The van der Waals surface area contributed by atoms with E-state index < -0.39 is 5.54 Å². The summed E-state index contributed by atoms with van der Waals surface area (Å²) in [5, 5.41) is 11.3. The van der Waals surface area contributed by atoms with Crippen molar-refractivity contribution in [2.45, 2.75) is 24.9 Å². The Balaban J connectivity index is 1.49. The predicted octanol–water partition coefficient (Wildman–Crippen LogP) is 2.29. The van der Waals surface area contributed by atoms with E-state index >= 15 is 0 Å². The molecule has 2 aromatic carbocycles. The average molecular weight is 388 g/mol. The number of piperidine rings is 1. The lowest BCUT2D eigenvalue weighted by molar-refractivity contribution is -0.129. The molecule has 2 aliphatic heterocycles. The third kappa shape index (κ3) is 3.34. The van der Waals surface area contributed by atoms with Gasteiger partial charge in [-0.15, -0.1) is 0 Å². The van der Waals surface area contributed by atoms with E-state index in [2.05, 4.69) is 5.32 Å². The fourth-order valence-electron chi connectivity index (χ4n) is 4.03. The molecule has 4 amide bonds. The number of nitrogens with one attached hydrogen (secondary N) is 1. The molecule has 29 heavy (non-hydrogen) atoms. The number of imide groups is 1. The Morgan fingerprint density at radius 3 is 2.31 bits per heavy atom. The molecule has 0 saturated carbocycles. The molecule has 0 radical (unpaired) electrons. The van der Waals surface area contributed by atoms with Crippen LogP contribution in [-0.4, -0.2) is 46.3 Å². The molecule has 2 fully saturated rings. The van der Waals surface area contributed by atoms with Crippen LogP contribution in [0.3, 0.4) is 0 Å². The van der Waals surface area contributed by atoms with Gasteiger partial charge in [0.2, 0.25) is 0 Å². The van der Waals surface area contributed by atoms with Crippen LogP contribution in [0, 0.1) is 11.3 Å². The van der Waals surface area contributed by atoms with Crippen LogP contribution in [-0.2, 0) is 11.3 Å². The number of carbonyl (C=O) groups excluding carboxylic acids is 3. The molecule has 2 aromatic rings. The number of carbonyl (C=O) groups is 3. The summed E-state index contributed by atoms with van der Waals surface area (Å²) in [6.07, 6.45) is 0.777. The molecule has 1 N–H and O–H groups in total. The molecule has 7 heteroatoms. The number of amides is 4. The molecule has 2 aliphatic rings. The topological polar surface area (TPSA) is 93.5 Å². The zero-order valence-corrected chi connectivity index (χ0v) is 15.8. The Labute approximate surface area is 168 Å². The molecular formula is C22H20N4O3. The normalized spacial score (nSPS) is 17.9. The first-order chi connectivity index (χ1) is 14.0. The monoisotopic (exact) mass is 388 g/mol. The standard InChI is InChI=1S/C22H20N4O3/c23-14-16-6-8-18(9-7-16)19(27)25-12-10-22(11-13-25)20(28)24-21(29)26(22)15-17-4-2-1-3-5-17/h1-9H,10-13,15H2,(H,24,28,29). The van der Waals surface area contributed by atoms with Crippen LogP contribution < -0.4 is 5.32 Å². The second-order valence-electron chi connectivity index (χ2n) is 7.34. The van der Waals surface area contributed by atoms with Gasteiger partial charge < -0.3 is 9.80 Å². The SMILES string of the molecule is N#Cc1ccc(C(=O)N2CCC3(CC2)C(=O)NC(=O)N3Cc2ccccc2)cc1. The van der Waals surface area contributed by atoms with E-state index in [1.807, 2.05) is 36.4 Å². The van der Waals surface area contributed by atoms with E-state index in [4.69, 9.17) is 5.26 Å². The van der Waals surface area contributed by atoms with Gasteiger partial charge >= 0.3 is 6.03 Å². The number of nitriles is 1. The summed E-state index contributed by atoms with van der Waals surface area (Å²) in [6, 6.07) is 17.7. The second-order valence-corrected chi connectivity index (χ2v) is 7.34. The van der Waals surface area contributed by atoms with E-state index in [0.717, 1.165) is 5.56 Å². The fourth-order valence-corrected chi connectivity index (χ4v) is 4.03. The largest absolute Gasteiger partial charge is 0.338 e. The van der Waals surface area contributed by atoms with Crippen molar-refractivity contribution in [3.8, 4) is 6.07 Å². The van der Waals surface area contributed by atoms with Crippen LogP contribution in [0.5, 0.6) is 0 Å². The highest BCUT2D eigenvalue weighted by Crippen LogP contribution is 2.35. The highest BCUT2D eigenvalue weighted by molar-refractivity contribution is 6.07. The highest BCUT2D eigenvalue weighted by Gasteiger charge is 2.54. The average Bonchev–Trinajstić information content (AvgIpc) is 2.98. The van der Waals surface area contributed by atoms with Gasteiger partial charge in [0.15, 0.2) is 0 Å². The van der Waals surface area contributed by atoms with E-state index in [1.165, 1.54) is 0 Å². The van der Waals surface area contributed by atoms with Crippen molar-refractivity contribution in [3.05, 3.63) is 71.3 Å². The molecular weight excluding hydrogens is 368 g/mol. The van der Waals surface area contributed by atoms with Gasteiger partial charge in [-0.2, -0.15) is 5.26 Å². The maximum atomic E-state index is 12.8. The van der Waals surface area contributed by atoms with Gasteiger partial charge in [0, 0.05) is 25.2 Å². The molecule has 1 spiro atoms. The van der Waals surface area contributed by atoms with Crippen molar-refractivity contribution in [3.63, 3.8) is 0 Å². The van der Waals surface area contributed by atoms with Gasteiger partial charge in [-0.25, -0.2) is 4.79 Å². The lowest BCUT2D eigenvalue weighted by Gasteiger charge is -2.42. The quantitative estimate of drug-likeness (QED) is 0.817. The molecule has 0 bridgehead atoms. The van der Waals surface area contributed by atoms with E-state index in [-0.39, 0.29) is 17.8 Å². The number of rotatable bonds is 3. The summed E-state index contributed by atoms with van der Waals surface area (Å²) in [7, 11) is 0. The molecule has 2 heterocycles. The van der Waals surface area contributed by atoms with Gasteiger partial charge in [-0.1, -0.05) is 30.3 Å². The summed E-state index contributed by atoms with van der Waals surface area (Å²) < 4.78 is 0. The van der Waals surface area contributed by atoms with Gasteiger partial charge in [-0.05, 0) is 42.7 Å². The van der Waals surface area contributed by atoms with Crippen LogP contribution in [0.1, 0.15) is 34.3 Å². The number of hydrogen-bond acceptors (Lipinski definition) is 4. The molecule has 0 aromatic heterocycles. The summed E-state index contributed by atoms with van der Waals surface area (Å²) in [4.78, 5) is 41.2. The lowest BCUT2D eigenvalue weighted by atomic mass is 9.85. The lowest BCUT2D eigenvalue weighted by Crippen LogP contribution is -2.57. The van der Waals surface area contributed by atoms with Crippen molar-refractivity contribution < 1.29 is 14.4 Å². The van der Waals surface area contributed by atoms with Crippen LogP contribution >= 0.6 is 0 Å². The van der Waals surface area contributed by atoms with Crippen LogP contribution in [0.15, 0.2) is 54.6 Å². The molecule has 0 unspecified atom stereocenters. The van der Waals surface area contributed by atoms with Crippen molar-refractivity contribution >= 4 is 17.8 Å². The van der Waals surface area contributed by atoms with Crippen molar-refractivity contribution in [1.29, 1.82) is 5.26 Å². The minimum absolute atomic E-state index is 0.135. The fraction of sp³-hybridized carbons (Fsp3) is 0.273. The molecule has 4 rings (SSSR count). The number of nitrogens with zero attached hydrogens (tertiary/aromatic N) is 3. The third-order valence-corrected chi connectivity index (χ3v) is 5.73. The number of hydrogen-bond donors (Lipinski definition) is 1. The molecule has 0 aliphatic carbocycles. The first-order valence-corrected chi connectivity index (χ1v) is 9.50. The van der Waals surface area contributed by atoms with Crippen LogP contribution in [0.2, 0.25) is 0 Å². The van der Waals surface area contributed by atoms with E-state index in [9.17, 15) is 14.4 Å². The first-order valence-electron chi connectivity index (χ1n) is 9.50. The Morgan fingerprint density at radius 2 is 1.69 bits per heavy atom. The predicted molar refractivity (Wildman–Crippen MR) is 105 cm³/mol. The molecule has 146 valence electrons. The number of urea groups is 1. The molecule has 2 saturated heterocycles. The highest BCUT2D eigenvalue weighted by atomic mass is 16.2. The number of benzene rings is 2. The van der Waals surface area contributed by atoms with Crippen molar-refractivity contribution in [2.24, 2.45) is 0 Å². The Morgan fingerprint density at radius 1 is 1.03 bits per heavy atom. The summed E-state index contributed by atoms with van der Waals surface area (Å²) in [5.41, 5.74) is 1.03. The van der Waals surface area contributed by atoms with E-state index in [1.54, 1.807) is 34.1 Å². The third-order valence-electron chi connectivity index (χ3n) is 5.73. The maximum absolute atomic E-state index is 12.8. The Kier molecular flexibility index (Phi) is 4.77. The summed E-state index contributed by atoms with van der Waals surface area (Å²) >= 11 is 0. The van der Waals surface area contributed by atoms with E-state index in [0.29, 0.717) is 43.6 Å². The smallest absolute Gasteiger partial charge is 0.325 e. The number of likely N-dealkylation sites (tertiary alicyclic amines) is 1. The molecule has 0 atom stereocenters. The molecule has 7 nitrogen and oxygen atoms in total. The van der Waals surface area contributed by atoms with Gasteiger partial charge in [-0.3, -0.25) is 14.9 Å².